The minimum atomic E-state index is -0.413. The van der Waals surface area contributed by atoms with Gasteiger partial charge in [-0.3, -0.25) is 4.79 Å². The van der Waals surface area contributed by atoms with Gasteiger partial charge in [-0.25, -0.2) is 9.98 Å². The molecule has 2 aromatic rings. The van der Waals surface area contributed by atoms with E-state index in [0.717, 1.165) is 18.4 Å². The number of aromatic nitrogens is 1. The highest BCUT2D eigenvalue weighted by atomic mass is 32.2. The molecule has 1 aliphatic carbocycles. The molecular formula is C20H17N5OS. The lowest BCUT2D eigenvalue weighted by atomic mass is 9.70. The summed E-state index contributed by atoms with van der Waals surface area (Å²) in [7, 11) is 0. The molecule has 2 aliphatic rings. The zero-order valence-electron chi connectivity index (χ0n) is 14.7. The third kappa shape index (κ3) is 3.09. The van der Waals surface area contributed by atoms with Crippen molar-refractivity contribution in [2.75, 3.05) is 5.32 Å². The van der Waals surface area contributed by atoms with Crippen molar-refractivity contribution in [1.29, 1.82) is 5.26 Å². The molecule has 0 radical (unpaired) electrons. The average Bonchev–Trinajstić information content (AvgIpc) is 2.68. The normalized spacial score (nSPS) is 20.0. The minimum Gasteiger partial charge on any atom is -0.378 e. The molecule has 0 unspecified atom stereocenters. The first-order valence-corrected chi connectivity index (χ1v) is 9.40. The fraction of sp³-hybridized carbons (Fsp3) is 0.200. The summed E-state index contributed by atoms with van der Waals surface area (Å²) in [6.45, 7) is 2.10. The van der Waals surface area contributed by atoms with Crippen molar-refractivity contribution in [3.8, 4) is 6.07 Å². The highest BCUT2D eigenvalue weighted by Crippen LogP contribution is 2.49. The predicted octanol–water partition coefficient (Wildman–Crippen LogP) is 3.31. The Hall–Kier alpha value is -3.11. The minimum absolute atomic E-state index is 0.260. The van der Waals surface area contributed by atoms with Gasteiger partial charge in [-0.2, -0.15) is 5.26 Å². The molecule has 0 fully saturated rings. The van der Waals surface area contributed by atoms with Gasteiger partial charge in [-0.05, 0) is 52.8 Å². The van der Waals surface area contributed by atoms with E-state index in [9.17, 15) is 4.79 Å². The Kier molecular flexibility index (Phi) is 4.21. The number of carbonyl (C=O) groups is 1. The summed E-state index contributed by atoms with van der Waals surface area (Å²) in [5.41, 5.74) is 9.26. The van der Waals surface area contributed by atoms with E-state index in [0.29, 0.717) is 16.4 Å². The van der Waals surface area contributed by atoms with Gasteiger partial charge in [0.2, 0.25) is 0 Å². The summed E-state index contributed by atoms with van der Waals surface area (Å²) in [4.78, 5) is 22.3. The zero-order chi connectivity index (χ0) is 19.0. The molecule has 3 N–H and O–H groups in total. The number of nitrogens with two attached hydrogens (primary N) is 1. The summed E-state index contributed by atoms with van der Waals surface area (Å²) in [5.74, 6) is -0.320. The van der Waals surface area contributed by atoms with Gasteiger partial charge < -0.3 is 11.1 Å². The molecule has 7 heteroatoms. The van der Waals surface area contributed by atoms with Crippen molar-refractivity contribution in [3.63, 3.8) is 0 Å². The molecule has 1 atom stereocenters. The number of thioether (sulfide) groups is 1. The summed E-state index contributed by atoms with van der Waals surface area (Å²) in [6.07, 6.45) is 5.30. The van der Waals surface area contributed by atoms with Gasteiger partial charge in [0.25, 0.3) is 5.91 Å². The third-order valence-electron chi connectivity index (χ3n) is 4.71. The molecule has 0 saturated heterocycles. The van der Waals surface area contributed by atoms with Crippen LogP contribution in [0.4, 0.5) is 5.69 Å². The molecule has 1 spiro atoms. The first-order valence-electron chi connectivity index (χ1n) is 8.59. The number of amidine groups is 1. The van der Waals surface area contributed by atoms with E-state index in [1.165, 1.54) is 34.5 Å². The summed E-state index contributed by atoms with van der Waals surface area (Å²) in [5, 5.41) is 12.3. The molecule has 1 aromatic carbocycles. The van der Waals surface area contributed by atoms with E-state index in [2.05, 4.69) is 28.3 Å². The van der Waals surface area contributed by atoms with Crippen molar-refractivity contribution in [1.82, 2.24) is 4.98 Å². The van der Waals surface area contributed by atoms with Crippen LogP contribution in [-0.4, -0.2) is 16.1 Å². The van der Waals surface area contributed by atoms with E-state index in [-0.39, 0.29) is 11.6 Å². The number of aliphatic imine (C=N–C) groups is 1. The number of fused-ring (bicyclic) bond motifs is 2. The van der Waals surface area contributed by atoms with Crippen LogP contribution in [0.25, 0.3) is 0 Å². The average molecular weight is 375 g/mol. The molecule has 1 aromatic heterocycles. The van der Waals surface area contributed by atoms with Crippen molar-refractivity contribution in [2.24, 2.45) is 10.7 Å². The predicted molar refractivity (Wildman–Crippen MR) is 106 cm³/mol. The lowest BCUT2D eigenvalue weighted by Crippen LogP contribution is -2.39. The number of benzene rings is 1. The Morgan fingerprint density at radius 1 is 1.41 bits per heavy atom. The molecule has 134 valence electrons. The highest BCUT2D eigenvalue weighted by Gasteiger charge is 2.43. The monoisotopic (exact) mass is 375 g/mol. The second-order valence-corrected chi connectivity index (χ2v) is 7.63. The maximum absolute atomic E-state index is 12.4. The Morgan fingerprint density at radius 3 is 2.96 bits per heavy atom. The van der Waals surface area contributed by atoms with Crippen LogP contribution in [0.1, 0.15) is 40.5 Å². The molecule has 0 bridgehead atoms. The third-order valence-corrected chi connectivity index (χ3v) is 5.68. The molecule has 27 heavy (non-hydrogen) atoms. The Labute approximate surface area is 161 Å². The van der Waals surface area contributed by atoms with Gasteiger partial charge in [0.15, 0.2) is 5.17 Å². The number of pyridine rings is 1. The van der Waals surface area contributed by atoms with Crippen LogP contribution in [-0.2, 0) is 12.0 Å². The smallest absolute Gasteiger partial charge is 0.274 e. The number of nitriles is 1. The first kappa shape index (κ1) is 17.3. The van der Waals surface area contributed by atoms with Crippen LogP contribution in [0.3, 0.4) is 0 Å². The number of amides is 1. The van der Waals surface area contributed by atoms with E-state index in [4.69, 9.17) is 11.0 Å². The van der Waals surface area contributed by atoms with Crippen LogP contribution in [0.15, 0.2) is 52.5 Å². The number of nitrogens with one attached hydrogen (secondary N) is 1. The maximum Gasteiger partial charge on any atom is 0.274 e. The lowest BCUT2D eigenvalue weighted by molar-refractivity contribution is 0.102. The second kappa shape index (κ2) is 6.56. The van der Waals surface area contributed by atoms with Crippen LogP contribution in [0.2, 0.25) is 0 Å². The van der Waals surface area contributed by atoms with Gasteiger partial charge >= 0.3 is 0 Å². The number of hydrogen-bond acceptors (Lipinski definition) is 6. The molecule has 2 heterocycles. The van der Waals surface area contributed by atoms with Crippen LogP contribution in [0, 0.1) is 11.3 Å². The summed E-state index contributed by atoms with van der Waals surface area (Å²) in [6, 6.07) is 10.9. The van der Waals surface area contributed by atoms with Crippen LogP contribution < -0.4 is 11.1 Å². The summed E-state index contributed by atoms with van der Waals surface area (Å²) >= 11 is 1.52. The van der Waals surface area contributed by atoms with Crippen molar-refractivity contribution in [3.05, 3.63) is 69.9 Å². The lowest BCUT2D eigenvalue weighted by Gasteiger charge is -2.41. The molecule has 0 saturated carbocycles. The van der Waals surface area contributed by atoms with Gasteiger partial charge in [0.1, 0.15) is 17.3 Å². The number of hydrogen-bond donors (Lipinski definition) is 2. The zero-order valence-corrected chi connectivity index (χ0v) is 15.5. The van der Waals surface area contributed by atoms with Crippen molar-refractivity contribution < 1.29 is 4.79 Å². The van der Waals surface area contributed by atoms with E-state index in [1.807, 2.05) is 24.3 Å². The molecule has 1 amide bonds. The molecule has 4 rings (SSSR count). The largest absolute Gasteiger partial charge is 0.378 e. The Bertz CT molecular complexity index is 1040. The van der Waals surface area contributed by atoms with Gasteiger partial charge in [0.05, 0.1) is 5.56 Å². The van der Waals surface area contributed by atoms with Crippen molar-refractivity contribution in [2.45, 2.75) is 25.3 Å². The number of carbonyl (C=O) groups excluding carboxylic acids is 1. The number of allylic oxidation sites excluding steroid dienone is 1. The SMILES string of the molecule is CCC1=C[C@]2(Cc3ccc(NC(=O)c4ccc(C#N)cn4)cc32)N=C(N)S1. The number of anilines is 1. The molecule has 1 aliphatic heterocycles. The quantitative estimate of drug-likeness (QED) is 0.856. The fourth-order valence-corrected chi connectivity index (χ4v) is 4.24. The Morgan fingerprint density at radius 2 is 2.26 bits per heavy atom. The van der Waals surface area contributed by atoms with E-state index in [1.54, 1.807) is 6.07 Å². The second-order valence-electron chi connectivity index (χ2n) is 6.49. The Balaban J connectivity index is 1.59. The van der Waals surface area contributed by atoms with Gasteiger partial charge in [-0.15, -0.1) is 0 Å². The number of rotatable bonds is 3. The van der Waals surface area contributed by atoms with E-state index < -0.39 is 5.54 Å². The van der Waals surface area contributed by atoms with Crippen molar-refractivity contribution >= 4 is 28.5 Å². The van der Waals surface area contributed by atoms with Crippen LogP contribution in [0.5, 0.6) is 0 Å². The summed E-state index contributed by atoms with van der Waals surface area (Å²) < 4.78 is 0. The maximum atomic E-state index is 12.4. The standard InChI is InChI=1S/C20H17N5OS/c1-2-15-9-20(25-19(22)27-15)8-13-4-5-14(7-16(13)20)24-18(26)17-6-3-12(10-21)11-23-17/h3-7,9,11H,2,8H2,1H3,(H2,22,25)(H,24,26)/t20-/m0/s1. The fourth-order valence-electron chi connectivity index (χ4n) is 3.36. The highest BCUT2D eigenvalue weighted by molar-refractivity contribution is 8.17. The molecule has 6 nitrogen and oxygen atoms in total. The van der Waals surface area contributed by atoms with Crippen LogP contribution >= 0.6 is 11.8 Å². The van der Waals surface area contributed by atoms with E-state index >= 15 is 0 Å². The number of nitrogens with zero attached hydrogens (tertiary/aromatic N) is 3. The first-order chi connectivity index (χ1) is 13.0. The molecular weight excluding hydrogens is 358 g/mol. The van der Waals surface area contributed by atoms with Gasteiger partial charge in [-0.1, -0.05) is 24.8 Å². The topological polar surface area (TPSA) is 104 Å². The van der Waals surface area contributed by atoms with Gasteiger partial charge in [0, 0.05) is 18.3 Å².